The third-order valence-electron chi connectivity index (χ3n) is 8.31. The Morgan fingerprint density at radius 2 is 1.91 bits per heavy atom. The molecular formula is C26H32N4OS. The van der Waals surface area contributed by atoms with Gasteiger partial charge >= 0.3 is 0 Å². The summed E-state index contributed by atoms with van der Waals surface area (Å²) < 4.78 is 2.24. The van der Waals surface area contributed by atoms with Crippen LogP contribution in [0.1, 0.15) is 60.7 Å². The lowest BCUT2D eigenvalue weighted by Gasteiger charge is -2.58. The standard InChI is InChI=1S/C26H32N4OS/c1-18-23(32-17-27-18)24-26(11-5-6-12-26)25(31)30(24)20-9-13-29(14-10-20)16-19-15-28(2)22-8-4-3-7-21(19)22/h3-4,7-8,15,17,20,24H,5-6,9-14,16H2,1-2H3. The van der Waals surface area contributed by atoms with Crippen LogP contribution >= 0.6 is 11.3 Å². The quantitative estimate of drug-likeness (QED) is 0.525. The molecule has 32 heavy (non-hydrogen) atoms. The molecule has 1 aromatic carbocycles. The van der Waals surface area contributed by atoms with Gasteiger partial charge in [0.15, 0.2) is 0 Å². The molecule has 3 aromatic rings. The zero-order valence-corrected chi connectivity index (χ0v) is 19.9. The van der Waals surface area contributed by atoms with Gasteiger partial charge in [0.1, 0.15) is 0 Å². The number of piperidine rings is 1. The Hall–Kier alpha value is -2.18. The van der Waals surface area contributed by atoms with Crippen LogP contribution in [0, 0.1) is 12.3 Å². The van der Waals surface area contributed by atoms with Gasteiger partial charge in [-0.1, -0.05) is 31.0 Å². The van der Waals surface area contributed by atoms with Crippen LogP contribution in [0.4, 0.5) is 0 Å². The molecule has 2 aliphatic heterocycles. The molecule has 0 N–H and O–H groups in total. The zero-order chi connectivity index (χ0) is 21.9. The molecule has 168 valence electrons. The molecule has 1 unspecified atom stereocenters. The number of carbonyl (C=O) groups is 1. The fourth-order valence-corrected chi connectivity index (χ4v) is 7.68. The predicted molar refractivity (Wildman–Crippen MR) is 129 cm³/mol. The Kier molecular flexibility index (Phi) is 4.92. The molecule has 1 spiro atoms. The monoisotopic (exact) mass is 448 g/mol. The van der Waals surface area contributed by atoms with Crippen molar-refractivity contribution in [1.29, 1.82) is 0 Å². The number of hydrogen-bond donors (Lipinski definition) is 0. The molecule has 1 aliphatic carbocycles. The van der Waals surface area contributed by atoms with E-state index in [1.54, 1.807) is 11.3 Å². The van der Waals surface area contributed by atoms with Gasteiger partial charge in [-0.3, -0.25) is 9.69 Å². The first kappa shape index (κ1) is 20.4. The lowest BCUT2D eigenvalue weighted by molar-refractivity contribution is -0.180. The molecule has 2 aromatic heterocycles. The van der Waals surface area contributed by atoms with E-state index in [-0.39, 0.29) is 11.5 Å². The molecular weight excluding hydrogens is 416 g/mol. The number of aromatic nitrogens is 2. The van der Waals surface area contributed by atoms with Crippen LogP contribution in [0.15, 0.2) is 36.0 Å². The van der Waals surface area contributed by atoms with Crippen molar-refractivity contribution in [2.75, 3.05) is 13.1 Å². The average molecular weight is 449 g/mol. The average Bonchev–Trinajstić information content (AvgIpc) is 3.54. The van der Waals surface area contributed by atoms with Gasteiger partial charge in [0.2, 0.25) is 5.91 Å². The van der Waals surface area contributed by atoms with Crippen LogP contribution < -0.4 is 0 Å². The maximum Gasteiger partial charge on any atom is 0.232 e. The molecule has 6 rings (SSSR count). The minimum Gasteiger partial charge on any atom is -0.350 e. The fourth-order valence-electron chi connectivity index (χ4n) is 6.66. The molecule has 3 aliphatic rings. The summed E-state index contributed by atoms with van der Waals surface area (Å²) in [5, 5.41) is 1.36. The zero-order valence-electron chi connectivity index (χ0n) is 19.1. The molecule has 4 heterocycles. The van der Waals surface area contributed by atoms with E-state index in [1.807, 2.05) is 5.51 Å². The van der Waals surface area contributed by atoms with Crippen molar-refractivity contribution in [2.45, 2.75) is 64.1 Å². The topological polar surface area (TPSA) is 41.4 Å². The van der Waals surface area contributed by atoms with Gasteiger partial charge in [-0.25, -0.2) is 4.98 Å². The van der Waals surface area contributed by atoms with Crippen LogP contribution in [-0.4, -0.2) is 44.4 Å². The molecule has 1 atom stereocenters. The Labute approximate surface area is 194 Å². The highest BCUT2D eigenvalue weighted by atomic mass is 32.1. The second-order valence-electron chi connectivity index (χ2n) is 10.1. The number of likely N-dealkylation sites (tertiary alicyclic amines) is 2. The van der Waals surface area contributed by atoms with Crippen molar-refractivity contribution in [3.63, 3.8) is 0 Å². The highest BCUT2D eigenvalue weighted by molar-refractivity contribution is 7.09. The summed E-state index contributed by atoms with van der Waals surface area (Å²) in [5.41, 5.74) is 5.66. The maximum atomic E-state index is 13.5. The Balaban J connectivity index is 1.18. The largest absolute Gasteiger partial charge is 0.350 e. The van der Waals surface area contributed by atoms with Crippen molar-refractivity contribution in [2.24, 2.45) is 12.5 Å². The first-order valence-corrected chi connectivity index (χ1v) is 12.9. The van der Waals surface area contributed by atoms with E-state index in [4.69, 9.17) is 0 Å². The highest BCUT2D eigenvalue weighted by Gasteiger charge is 2.63. The summed E-state index contributed by atoms with van der Waals surface area (Å²) in [7, 11) is 2.13. The number of para-hydroxylation sites is 1. The number of thiazole rings is 1. The van der Waals surface area contributed by atoms with Crippen molar-refractivity contribution in [1.82, 2.24) is 19.4 Å². The summed E-state index contributed by atoms with van der Waals surface area (Å²) >= 11 is 1.75. The predicted octanol–water partition coefficient (Wildman–Crippen LogP) is 5.05. The molecule has 5 nitrogen and oxygen atoms in total. The van der Waals surface area contributed by atoms with E-state index >= 15 is 0 Å². The molecule has 0 bridgehead atoms. The summed E-state index contributed by atoms with van der Waals surface area (Å²) in [6.45, 7) is 5.21. The van der Waals surface area contributed by atoms with Crippen LogP contribution in [0.2, 0.25) is 0 Å². The molecule has 0 radical (unpaired) electrons. The summed E-state index contributed by atoms with van der Waals surface area (Å²) in [5.74, 6) is 0.431. The van der Waals surface area contributed by atoms with Gasteiger partial charge in [0, 0.05) is 49.8 Å². The minimum atomic E-state index is -0.128. The van der Waals surface area contributed by atoms with Crippen LogP contribution in [-0.2, 0) is 18.4 Å². The first-order chi connectivity index (χ1) is 15.6. The van der Waals surface area contributed by atoms with Crippen LogP contribution in [0.25, 0.3) is 10.9 Å². The van der Waals surface area contributed by atoms with E-state index in [0.29, 0.717) is 11.9 Å². The Morgan fingerprint density at radius 1 is 1.16 bits per heavy atom. The number of aryl methyl sites for hydroxylation is 2. The third kappa shape index (κ3) is 2.99. The van der Waals surface area contributed by atoms with Gasteiger partial charge in [-0.05, 0) is 44.2 Å². The maximum absolute atomic E-state index is 13.5. The molecule has 1 saturated carbocycles. The minimum absolute atomic E-state index is 0.128. The number of carbonyl (C=O) groups excluding carboxylic acids is 1. The SMILES string of the molecule is Cc1ncsc1C1N(C2CCN(Cc3cn(C)c4ccccc34)CC2)C(=O)C12CCCC2. The first-order valence-electron chi connectivity index (χ1n) is 12.1. The fraction of sp³-hybridized carbons (Fsp3) is 0.538. The van der Waals surface area contributed by atoms with Crippen molar-refractivity contribution in [3.05, 3.63) is 52.1 Å². The molecule has 3 fully saturated rings. The number of fused-ring (bicyclic) bond motifs is 1. The third-order valence-corrected chi connectivity index (χ3v) is 9.30. The summed E-state index contributed by atoms with van der Waals surface area (Å²) in [4.78, 5) is 24.2. The van der Waals surface area contributed by atoms with Gasteiger partial charge in [0.05, 0.1) is 27.5 Å². The van der Waals surface area contributed by atoms with Gasteiger partial charge < -0.3 is 9.47 Å². The van der Waals surface area contributed by atoms with Crippen molar-refractivity contribution < 1.29 is 4.79 Å². The van der Waals surface area contributed by atoms with Crippen molar-refractivity contribution in [3.8, 4) is 0 Å². The lowest BCUT2D eigenvalue weighted by Crippen LogP contribution is -2.66. The van der Waals surface area contributed by atoms with E-state index in [2.05, 4.69) is 63.8 Å². The highest BCUT2D eigenvalue weighted by Crippen LogP contribution is 2.61. The van der Waals surface area contributed by atoms with Gasteiger partial charge in [-0.15, -0.1) is 11.3 Å². The van der Waals surface area contributed by atoms with Gasteiger partial charge in [0.25, 0.3) is 0 Å². The molecule has 6 heteroatoms. The summed E-state index contributed by atoms with van der Waals surface area (Å²) in [6.07, 6.45) is 8.92. The van der Waals surface area contributed by atoms with Crippen molar-refractivity contribution >= 4 is 28.1 Å². The number of hydrogen-bond acceptors (Lipinski definition) is 4. The Morgan fingerprint density at radius 3 is 2.62 bits per heavy atom. The number of benzene rings is 1. The van der Waals surface area contributed by atoms with E-state index in [9.17, 15) is 4.79 Å². The summed E-state index contributed by atoms with van der Waals surface area (Å²) in [6, 6.07) is 9.30. The van der Waals surface area contributed by atoms with Crippen LogP contribution in [0.5, 0.6) is 0 Å². The van der Waals surface area contributed by atoms with E-state index in [1.165, 1.54) is 34.2 Å². The number of nitrogens with zero attached hydrogens (tertiary/aromatic N) is 4. The van der Waals surface area contributed by atoms with E-state index < -0.39 is 0 Å². The second kappa shape index (κ2) is 7.70. The van der Waals surface area contributed by atoms with Gasteiger partial charge in [-0.2, -0.15) is 0 Å². The smallest absolute Gasteiger partial charge is 0.232 e. The Bertz CT molecular complexity index is 1150. The normalized spacial score (nSPS) is 24.0. The number of β-lactam (4-membered cyclic amide) rings is 1. The van der Waals surface area contributed by atoms with E-state index in [0.717, 1.165) is 51.0 Å². The molecule has 2 saturated heterocycles. The second-order valence-corrected chi connectivity index (χ2v) is 11.0. The number of rotatable bonds is 4. The number of amides is 1. The van der Waals surface area contributed by atoms with Crippen LogP contribution in [0.3, 0.4) is 0 Å². The molecule has 1 amide bonds. The lowest BCUT2D eigenvalue weighted by atomic mass is 9.67.